The number of Topliss-reactive ketones (excluding diaryl/α,β-unsaturated/α-hetero) is 1. The summed E-state index contributed by atoms with van der Waals surface area (Å²) in [6, 6.07) is 14.9. The predicted molar refractivity (Wildman–Crippen MR) is 84.0 cm³/mol. The molecule has 3 rings (SSSR count). The van der Waals surface area contributed by atoms with Crippen molar-refractivity contribution in [1.82, 2.24) is 0 Å². The zero-order chi connectivity index (χ0) is 14.1. The van der Waals surface area contributed by atoms with E-state index >= 15 is 0 Å². The number of para-hydroxylation sites is 1. The summed E-state index contributed by atoms with van der Waals surface area (Å²) in [5.41, 5.74) is 3.67. The smallest absolute Gasteiger partial charge is 0.131 e. The molecule has 1 heterocycles. The second-order valence-corrected chi connectivity index (χ2v) is 6.23. The van der Waals surface area contributed by atoms with Crippen molar-refractivity contribution < 1.29 is 4.79 Å². The van der Waals surface area contributed by atoms with Crippen molar-refractivity contribution in [3.63, 3.8) is 0 Å². The lowest BCUT2D eigenvalue weighted by molar-refractivity contribution is -0.116. The quantitative estimate of drug-likeness (QED) is 0.822. The first-order chi connectivity index (χ1) is 9.65. The van der Waals surface area contributed by atoms with Gasteiger partial charge >= 0.3 is 0 Å². The minimum absolute atomic E-state index is 0.231. The molecular formula is C17H17NOS. The second-order valence-electron chi connectivity index (χ2n) is 5.14. The zero-order valence-electron chi connectivity index (χ0n) is 11.7. The van der Waals surface area contributed by atoms with Gasteiger partial charge in [0.15, 0.2) is 0 Å². The van der Waals surface area contributed by atoms with Gasteiger partial charge in [-0.2, -0.15) is 0 Å². The Morgan fingerprint density at radius 1 is 1.10 bits per heavy atom. The maximum Gasteiger partial charge on any atom is 0.131 e. The number of ketones is 1. The number of rotatable bonds is 3. The van der Waals surface area contributed by atoms with Gasteiger partial charge in [0.25, 0.3) is 0 Å². The van der Waals surface area contributed by atoms with Crippen LogP contribution in [0.5, 0.6) is 0 Å². The van der Waals surface area contributed by atoms with Crippen molar-refractivity contribution in [1.29, 1.82) is 0 Å². The third-order valence-electron chi connectivity index (χ3n) is 3.47. The Morgan fingerprint density at radius 2 is 1.85 bits per heavy atom. The molecule has 0 atom stereocenters. The number of anilines is 2. The maximum absolute atomic E-state index is 11.3. The van der Waals surface area contributed by atoms with E-state index in [4.69, 9.17) is 0 Å². The number of carbonyl (C=O) groups excluding carboxylic acids is 1. The SMILES string of the molecule is CC(=O)CCN1c2ccccc2Sc2ccc(C)cc21. The summed E-state index contributed by atoms with van der Waals surface area (Å²) in [6.45, 7) is 4.50. The highest BCUT2D eigenvalue weighted by Gasteiger charge is 2.23. The monoisotopic (exact) mass is 283 g/mol. The third kappa shape index (κ3) is 2.46. The molecule has 0 amide bonds. The first-order valence-electron chi connectivity index (χ1n) is 6.79. The summed E-state index contributed by atoms with van der Waals surface area (Å²) in [5, 5.41) is 0. The zero-order valence-corrected chi connectivity index (χ0v) is 12.5. The lowest BCUT2D eigenvalue weighted by Gasteiger charge is -2.32. The van der Waals surface area contributed by atoms with Gasteiger partial charge < -0.3 is 4.90 Å². The summed E-state index contributed by atoms with van der Waals surface area (Å²) in [6.07, 6.45) is 0.576. The van der Waals surface area contributed by atoms with Crippen LogP contribution >= 0.6 is 11.8 Å². The summed E-state index contributed by atoms with van der Waals surface area (Å²) in [5.74, 6) is 0.231. The Balaban J connectivity index is 2.06. The van der Waals surface area contributed by atoms with Gasteiger partial charge in [0.05, 0.1) is 11.4 Å². The lowest BCUT2D eigenvalue weighted by atomic mass is 10.1. The second kappa shape index (κ2) is 5.33. The van der Waals surface area contributed by atoms with E-state index in [0.717, 1.165) is 6.54 Å². The van der Waals surface area contributed by atoms with Crippen molar-refractivity contribution in [3.8, 4) is 0 Å². The standard InChI is InChI=1S/C17H17NOS/c1-12-7-8-17-15(11-12)18(10-9-13(2)19)14-5-3-4-6-16(14)20-17/h3-8,11H,9-10H2,1-2H3. The molecule has 2 aromatic carbocycles. The number of carbonyl (C=O) groups is 1. The van der Waals surface area contributed by atoms with Crippen molar-refractivity contribution in [2.45, 2.75) is 30.1 Å². The fourth-order valence-corrected chi connectivity index (χ4v) is 3.53. The summed E-state index contributed by atoms with van der Waals surface area (Å²) in [4.78, 5) is 16.1. The van der Waals surface area contributed by atoms with Gasteiger partial charge in [-0.1, -0.05) is 30.0 Å². The van der Waals surface area contributed by atoms with Crippen molar-refractivity contribution in [2.75, 3.05) is 11.4 Å². The van der Waals surface area contributed by atoms with Gasteiger partial charge in [-0.15, -0.1) is 0 Å². The highest BCUT2D eigenvalue weighted by molar-refractivity contribution is 7.99. The molecule has 0 N–H and O–H groups in total. The normalized spacial score (nSPS) is 12.8. The number of hydrogen-bond acceptors (Lipinski definition) is 3. The molecule has 0 saturated heterocycles. The fourth-order valence-electron chi connectivity index (χ4n) is 2.45. The molecule has 1 aliphatic heterocycles. The van der Waals surface area contributed by atoms with Crippen LogP contribution in [0.3, 0.4) is 0 Å². The Labute approximate surface area is 123 Å². The van der Waals surface area contributed by atoms with Crippen LogP contribution in [0.25, 0.3) is 0 Å². The van der Waals surface area contributed by atoms with E-state index in [1.165, 1.54) is 26.7 Å². The molecule has 0 unspecified atom stereocenters. The van der Waals surface area contributed by atoms with Crippen LogP contribution in [0.4, 0.5) is 11.4 Å². The van der Waals surface area contributed by atoms with E-state index in [2.05, 4.69) is 54.3 Å². The van der Waals surface area contributed by atoms with E-state index in [9.17, 15) is 4.79 Å². The van der Waals surface area contributed by atoms with Crippen molar-refractivity contribution >= 4 is 28.9 Å². The first-order valence-corrected chi connectivity index (χ1v) is 7.61. The molecule has 0 aliphatic carbocycles. The highest BCUT2D eigenvalue weighted by Crippen LogP contribution is 2.48. The van der Waals surface area contributed by atoms with Crippen LogP contribution in [-0.2, 0) is 4.79 Å². The molecule has 0 spiro atoms. The third-order valence-corrected chi connectivity index (χ3v) is 4.60. The molecule has 20 heavy (non-hydrogen) atoms. The number of aryl methyl sites for hydroxylation is 1. The highest BCUT2D eigenvalue weighted by atomic mass is 32.2. The molecule has 3 heteroatoms. The summed E-state index contributed by atoms with van der Waals surface area (Å²) < 4.78 is 0. The van der Waals surface area contributed by atoms with Crippen LogP contribution in [0.2, 0.25) is 0 Å². The van der Waals surface area contributed by atoms with Crippen LogP contribution < -0.4 is 4.90 Å². The van der Waals surface area contributed by atoms with Gasteiger partial charge in [-0.25, -0.2) is 0 Å². The van der Waals surface area contributed by atoms with E-state index in [1.54, 1.807) is 18.7 Å². The van der Waals surface area contributed by atoms with Gasteiger partial charge in [0.2, 0.25) is 0 Å². The summed E-state index contributed by atoms with van der Waals surface area (Å²) >= 11 is 1.80. The largest absolute Gasteiger partial charge is 0.339 e. The number of nitrogens with zero attached hydrogens (tertiary/aromatic N) is 1. The topological polar surface area (TPSA) is 20.3 Å². The van der Waals surface area contributed by atoms with Gasteiger partial charge in [0.1, 0.15) is 5.78 Å². The fraction of sp³-hybridized carbons (Fsp3) is 0.235. The molecular weight excluding hydrogens is 266 g/mol. The van der Waals surface area contributed by atoms with Gasteiger partial charge in [-0.3, -0.25) is 4.79 Å². The van der Waals surface area contributed by atoms with Gasteiger partial charge in [0, 0.05) is 22.8 Å². The van der Waals surface area contributed by atoms with E-state index < -0.39 is 0 Å². The summed E-state index contributed by atoms with van der Waals surface area (Å²) in [7, 11) is 0. The maximum atomic E-state index is 11.3. The van der Waals surface area contributed by atoms with E-state index in [1.807, 2.05) is 0 Å². The average molecular weight is 283 g/mol. The molecule has 2 aromatic rings. The average Bonchev–Trinajstić information content (AvgIpc) is 2.43. The Bertz CT molecular complexity index is 666. The minimum atomic E-state index is 0.231. The van der Waals surface area contributed by atoms with Gasteiger partial charge in [-0.05, 0) is 43.7 Å². The van der Waals surface area contributed by atoms with Crippen molar-refractivity contribution in [3.05, 3.63) is 48.0 Å². The van der Waals surface area contributed by atoms with E-state index in [0.29, 0.717) is 6.42 Å². The molecule has 0 aromatic heterocycles. The molecule has 102 valence electrons. The Morgan fingerprint density at radius 3 is 2.65 bits per heavy atom. The van der Waals surface area contributed by atoms with Crippen molar-refractivity contribution in [2.24, 2.45) is 0 Å². The molecule has 0 saturated carbocycles. The van der Waals surface area contributed by atoms with Crippen LogP contribution in [-0.4, -0.2) is 12.3 Å². The van der Waals surface area contributed by atoms with Crippen LogP contribution in [0.1, 0.15) is 18.9 Å². The molecule has 2 nitrogen and oxygen atoms in total. The first kappa shape index (κ1) is 13.3. The van der Waals surface area contributed by atoms with Crippen LogP contribution in [0.15, 0.2) is 52.3 Å². The Hall–Kier alpha value is -1.74. The molecule has 1 aliphatic rings. The molecule has 0 fully saturated rings. The predicted octanol–water partition coefficient (Wildman–Crippen LogP) is 4.58. The number of fused-ring (bicyclic) bond motifs is 2. The lowest BCUT2D eigenvalue weighted by Crippen LogP contribution is -2.23. The van der Waals surface area contributed by atoms with Crippen LogP contribution in [0, 0.1) is 6.92 Å². The number of benzene rings is 2. The minimum Gasteiger partial charge on any atom is -0.339 e. The van der Waals surface area contributed by atoms with E-state index in [-0.39, 0.29) is 5.78 Å². The molecule has 0 bridgehead atoms. The molecule has 0 radical (unpaired) electrons. The number of hydrogen-bond donors (Lipinski definition) is 0. The Kier molecular flexibility index (Phi) is 3.53.